The molecule has 1 amide bonds. The lowest BCUT2D eigenvalue weighted by Crippen LogP contribution is -2.22. The van der Waals surface area contributed by atoms with Gasteiger partial charge in [-0.2, -0.15) is 0 Å². The molecule has 0 bridgehead atoms. The van der Waals surface area contributed by atoms with Gasteiger partial charge in [0.1, 0.15) is 0 Å². The molecular formula is C20H23NO3S2. The van der Waals surface area contributed by atoms with Gasteiger partial charge in [0.05, 0.1) is 18.8 Å². The number of methoxy groups -OCH3 is 2. The number of carbonyl (C=O) groups excluding carboxylic acids is 1. The SMILES string of the molecule is COc1ccc(CNC(=O)c2ccc(C3SCCCS3)cc2)cc1OC. The summed E-state index contributed by atoms with van der Waals surface area (Å²) in [5.74, 6) is 3.69. The van der Waals surface area contributed by atoms with E-state index in [9.17, 15) is 4.79 Å². The monoisotopic (exact) mass is 389 g/mol. The number of benzene rings is 2. The van der Waals surface area contributed by atoms with Crippen LogP contribution in [-0.2, 0) is 6.54 Å². The van der Waals surface area contributed by atoms with Crippen LogP contribution < -0.4 is 14.8 Å². The topological polar surface area (TPSA) is 47.6 Å². The van der Waals surface area contributed by atoms with Gasteiger partial charge in [0, 0.05) is 12.1 Å². The van der Waals surface area contributed by atoms with Crippen molar-refractivity contribution in [3.8, 4) is 11.5 Å². The molecule has 1 fully saturated rings. The average Bonchev–Trinajstić information content (AvgIpc) is 2.72. The van der Waals surface area contributed by atoms with E-state index in [-0.39, 0.29) is 5.91 Å². The van der Waals surface area contributed by atoms with Crippen LogP contribution in [0.1, 0.15) is 32.5 Å². The van der Waals surface area contributed by atoms with Crippen molar-refractivity contribution in [1.29, 1.82) is 0 Å². The lowest BCUT2D eigenvalue weighted by molar-refractivity contribution is 0.0951. The molecule has 26 heavy (non-hydrogen) atoms. The minimum Gasteiger partial charge on any atom is -0.493 e. The first-order chi connectivity index (χ1) is 12.7. The standard InChI is InChI=1S/C20H23NO3S2/c1-23-17-9-4-14(12-18(17)24-2)13-21-19(22)15-5-7-16(8-6-15)20-25-10-3-11-26-20/h4-9,12,20H,3,10-11,13H2,1-2H3,(H,21,22). The first-order valence-corrected chi connectivity index (χ1v) is 10.6. The zero-order valence-corrected chi connectivity index (χ0v) is 16.6. The summed E-state index contributed by atoms with van der Waals surface area (Å²) in [5.41, 5.74) is 2.93. The van der Waals surface area contributed by atoms with Gasteiger partial charge in [-0.3, -0.25) is 4.79 Å². The number of hydrogen-bond acceptors (Lipinski definition) is 5. The van der Waals surface area contributed by atoms with E-state index in [0.717, 1.165) is 5.56 Å². The molecule has 138 valence electrons. The van der Waals surface area contributed by atoms with E-state index >= 15 is 0 Å². The molecule has 1 heterocycles. The quantitative estimate of drug-likeness (QED) is 0.788. The summed E-state index contributed by atoms with van der Waals surface area (Å²) in [6.45, 7) is 0.440. The van der Waals surface area contributed by atoms with E-state index in [0.29, 0.717) is 28.2 Å². The fourth-order valence-corrected chi connectivity index (χ4v) is 5.64. The van der Waals surface area contributed by atoms with Gasteiger partial charge in [0.15, 0.2) is 11.5 Å². The van der Waals surface area contributed by atoms with Crippen LogP contribution in [0.4, 0.5) is 0 Å². The predicted octanol–water partition coefficient (Wildman–Crippen LogP) is 4.50. The number of carbonyl (C=O) groups is 1. The molecule has 0 saturated carbocycles. The second-order valence-corrected chi connectivity index (χ2v) is 8.65. The van der Waals surface area contributed by atoms with Gasteiger partial charge in [-0.15, -0.1) is 23.5 Å². The van der Waals surface area contributed by atoms with Gasteiger partial charge in [-0.05, 0) is 53.3 Å². The minimum absolute atomic E-state index is 0.0738. The molecule has 1 aliphatic heterocycles. The van der Waals surface area contributed by atoms with Crippen LogP contribution >= 0.6 is 23.5 Å². The van der Waals surface area contributed by atoms with Gasteiger partial charge >= 0.3 is 0 Å². The first-order valence-electron chi connectivity index (χ1n) is 8.53. The summed E-state index contributed by atoms with van der Waals surface area (Å²) in [5, 5.41) is 2.96. The Morgan fingerprint density at radius 3 is 2.38 bits per heavy atom. The molecule has 1 aliphatic rings. The Labute approximate surface area is 163 Å². The number of rotatable bonds is 6. The van der Waals surface area contributed by atoms with E-state index in [1.807, 2.05) is 53.9 Å². The van der Waals surface area contributed by atoms with Crippen LogP contribution in [0.2, 0.25) is 0 Å². The molecule has 2 aromatic carbocycles. The van der Waals surface area contributed by atoms with Crippen LogP contribution in [-0.4, -0.2) is 31.6 Å². The number of nitrogens with one attached hydrogen (secondary N) is 1. The molecule has 6 heteroatoms. The Morgan fingerprint density at radius 1 is 1.04 bits per heavy atom. The van der Waals surface area contributed by atoms with Crippen LogP contribution in [0.25, 0.3) is 0 Å². The second kappa shape index (κ2) is 9.24. The number of amides is 1. The van der Waals surface area contributed by atoms with Crippen LogP contribution in [0.5, 0.6) is 11.5 Å². The molecule has 1 saturated heterocycles. The van der Waals surface area contributed by atoms with Crippen molar-refractivity contribution in [1.82, 2.24) is 5.32 Å². The highest BCUT2D eigenvalue weighted by Gasteiger charge is 2.17. The summed E-state index contributed by atoms with van der Waals surface area (Å²) in [6, 6.07) is 13.6. The van der Waals surface area contributed by atoms with Crippen LogP contribution in [0, 0.1) is 0 Å². The summed E-state index contributed by atoms with van der Waals surface area (Å²) in [6.07, 6.45) is 1.28. The molecule has 0 radical (unpaired) electrons. The molecule has 0 spiro atoms. The highest BCUT2D eigenvalue weighted by molar-refractivity contribution is 8.16. The Bertz CT molecular complexity index is 743. The molecule has 0 atom stereocenters. The van der Waals surface area contributed by atoms with Crippen molar-refractivity contribution >= 4 is 29.4 Å². The average molecular weight is 390 g/mol. The lowest BCUT2D eigenvalue weighted by Gasteiger charge is -2.21. The molecule has 0 aromatic heterocycles. The summed E-state index contributed by atoms with van der Waals surface area (Å²) >= 11 is 3.97. The Morgan fingerprint density at radius 2 is 1.73 bits per heavy atom. The van der Waals surface area contributed by atoms with Crippen molar-refractivity contribution in [2.24, 2.45) is 0 Å². The third-order valence-electron chi connectivity index (χ3n) is 4.17. The van der Waals surface area contributed by atoms with Crippen molar-refractivity contribution in [2.75, 3.05) is 25.7 Å². The molecular weight excluding hydrogens is 366 g/mol. The minimum atomic E-state index is -0.0738. The van der Waals surface area contributed by atoms with Gasteiger partial charge in [0.25, 0.3) is 5.91 Å². The third kappa shape index (κ3) is 4.68. The predicted molar refractivity (Wildman–Crippen MR) is 109 cm³/mol. The molecule has 1 N–H and O–H groups in total. The smallest absolute Gasteiger partial charge is 0.251 e. The largest absolute Gasteiger partial charge is 0.493 e. The van der Waals surface area contributed by atoms with Gasteiger partial charge in [-0.25, -0.2) is 0 Å². The van der Waals surface area contributed by atoms with Crippen molar-refractivity contribution in [3.05, 3.63) is 59.2 Å². The van der Waals surface area contributed by atoms with Gasteiger partial charge in [0.2, 0.25) is 0 Å². The molecule has 4 nitrogen and oxygen atoms in total. The Balaban J connectivity index is 1.59. The van der Waals surface area contributed by atoms with E-state index < -0.39 is 0 Å². The number of ether oxygens (including phenoxy) is 2. The van der Waals surface area contributed by atoms with Gasteiger partial charge < -0.3 is 14.8 Å². The zero-order valence-electron chi connectivity index (χ0n) is 15.0. The van der Waals surface area contributed by atoms with E-state index in [1.165, 1.54) is 23.5 Å². The first kappa shape index (κ1) is 19.0. The van der Waals surface area contributed by atoms with E-state index in [4.69, 9.17) is 9.47 Å². The van der Waals surface area contributed by atoms with E-state index in [1.54, 1.807) is 14.2 Å². The van der Waals surface area contributed by atoms with Crippen LogP contribution in [0.15, 0.2) is 42.5 Å². The Kier molecular flexibility index (Phi) is 6.74. The fraction of sp³-hybridized carbons (Fsp3) is 0.350. The molecule has 0 aliphatic carbocycles. The van der Waals surface area contributed by atoms with Gasteiger partial charge in [-0.1, -0.05) is 18.2 Å². The Hall–Kier alpha value is -1.79. The highest BCUT2D eigenvalue weighted by atomic mass is 32.2. The number of hydrogen-bond donors (Lipinski definition) is 1. The maximum Gasteiger partial charge on any atom is 0.251 e. The third-order valence-corrected chi connectivity index (χ3v) is 7.19. The van der Waals surface area contributed by atoms with Crippen molar-refractivity contribution < 1.29 is 14.3 Å². The molecule has 0 unspecified atom stereocenters. The number of thioether (sulfide) groups is 2. The maximum absolute atomic E-state index is 12.4. The molecule has 3 rings (SSSR count). The van der Waals surface area contributed by atoms with Crippen molar-refractivity contribution in [2.45, 2.75) is 17.5 Å². The highest BCUT2D eigenvalue weighted by Crippen LogP contribution is 2.43. The van der Waals surface area contributed by atoms with Crippen LogP contribution in [0.3, 0.4) is 0 Å². The molecule has 2 aromatic rings. The van der Waals surface area contributed by atoms with E-state index in [2.05, 4.69) is 17.4 Å². The normalized spacial score (nSPS) is 14.7. The maximum atomic E-state index is 12.4. The zero-order chi connectivity index (χ0) is 18.4. The fourth-order valence-electron chi connectivity index (χ4n) is 2.75. The second-order valence-electron chi connectivity index (χ2n) is 5.92. The van der Waals surface area contributed by atoms with Crippen molar-refractivity contribution in [3.63, 3.8) is 0 Å². The lowest BCUT2D eigenvalue weighted by atomic mass is 10.1. The summed E-state index contributed by atoms with van der Waals surface area (Å²) in [4.78, 5) is 12.4. The summed E-state index contributed by atoms with van der Waals surface area (Å²) in [7, 11) is 3.21. The summed E-state index contributed by atoms with van der Waals surface area (Å²) < 4.78 is 11.0.